The van der Waals surface area contributed by atoms with Gasteiger partial charge in [0, 0.05) is 5.54 Å². The second-order valence-electron chi connectivity index (χ2n) is 8.57. The van der Waals surface area contributed by atoms with Crippen molar-refractivity contribution in [2.24, 2.45) is 5.92 Å². The van der Waals surface area contributed by atoms with Crippen LogP contribution in [-0.2, 0) is 10.2 Å². The minimum absolute atomic E-state index is 0.102. The Morgan fingerprint density at radius 3 is 1.92 bits per heavy atom. The molecule has 5 heteroatoms. The Hall–Kier alpha value is -1.88. The molecule has 25 heavy (non-hydrogen) atoms. The van der Waals surface area contributed by atoms with Crippen molar-refractivity contribution < 1.29 is 19.8 Å². The molecule has 1 atom stereocenters. The monoisotopic (exact) mass is 351 g/mol. The first-order chi connectivity index (χ1) is 11.2. The van der Waals surface area contributed by atoms with Gasteiger partial charge in [0.2, 0.25) is 0 Å². The molecule has 0 aromatic heterocycles. The highest BCUT2D eigenvalue weighted by Crippen LogP contribution is 2.32. The zero-order chi connectivity index (χ0) is 20.0. The summed E-state index contributed by atoms with van der Waals surface area (Å²) in [7, 11) is 0. The van der Waals surface area contributed by atoms with E-state index in [-0.39, 0.29) is 22.6 Å². The first-order valence-electron chi connectivity index (χ1n) is 8.49. The number of phenols is 1. The van der Waals surface area contributed by atoms with Crippen LogP contribution >= 0.6 is 0 Å². The number of carbonyl (C=O) groups is 2. The van der Waals surface area contributed by atoms with Crippen molar-refractivity contribution in [1.29, 1.82) is 0 Å². The molecular weight excluding hydrogens is 318 g/mol. The topological polar surface area (TPSA) is 86.6 Å². The molecule has 1 rings (SSSR count). The van der Waals surface area contributed by atoms with Crippen LogP contribution in [0.15, 0.2) is 18.2 Å². The summed E-state index contributed by atoms with van der Waals surface area (Å²) in [5.74, 6) is -0.563. The number of nitrogens with one attached hydrogen (secondary N) is 1. The lowest BCUT2D eigenvalue weighted by Crippen LogP contribution is -2.50. The predicted molar refractivity (Wildman–Crippen MR) is 101 cm³/mol. The van der Waals surface area contributed by atoms with Crippen molar-refractivity contribution in [2.75, 3.05) is 0 Å². The number of rotatable bonds is 4. The van der Waals surface area contributed by atoms with E-state index >= 15 is 0 Å². The van der Waals surface area contributed by atoms with Gasteiger partial charge in [-0.15, -0.1) is 0 Å². The summed E-state index contributed by atoms with van der Waals surface area (Å²) in [5.41, 5.74) is 0.876. The van der Waals surface area contributed by atoms with Crippen LogP contribution in [0.5, 0.6) is 5.75 Å². The van der Waals surface area contributed by atoms with Crippen molar-refractivity contribution in [2.45, 2.75) is 72.4 Å². The summed E-state index contributed by atoms with van der Waals surface area (Å²) in [6.07, 6.45) is 0.671. The van der Waals surface area contributed by atoms with E-state index in [0.29, 0.717) is 11.8 Å². The zero-order valence-electron chi connectivity index (χ0n) is 16.7. The van der Waals surface area contributed by atoms with E-state index in [1.54, 1.807) is 12.1 Å². The van der Waals surface area contributed by atoms with Crippen LogP contribution in [0.3, 0.4) is 0 Å². The summed E-state index contributed by atoms with van der Waals surface area (Å²) < 4.78 is 0. The lowest BCUT2D eigenvalue weighted by Gasteiger charge is -2.28. The average Bonchev–Trinajstić information content (AvgIpc) is 2.43. The van der Waals surface area contributed by atoms with Gasteiger partial charge >= 0.3 is 5.97 Å². The van der Waals surface area contributed by atoms with Crippen LogP contribution in [0.4, 0.5) is 0 Å². The SMILES string of the molecule is CC(C)(C)c1cccc(C=O)c1O.CC(C)[C@H](NC(C)(C)C)C(=O)O. The molecule has 0 saturated carbocycles. The maximum atomic E-state index is 10.8. The highest BCUT2D eigenvalue weighted by molar-refractivity contribution is 5.80. The van der Waals surface area contributed by atoms with E-state index in [4.69, 9.17) is 5.11 Å². The van der Waals surface area contributed by atoms with E-state index in [9.17, 15) is 14.7 Å². The second kappa shape index (κ2) is 8.99. The third-order valence-corrected chi connectivity index (χ3v) is 3.52. The molecule has 0 spiro atoms. The Labute approximate surface area is 151 Å². The van der Waals surface area contributed by atoms with Crippen LogP contribution < -0.4 is 5.32 Å². The molecule has 0 fully saturated rings. The van der Waals surface area contributed by atoms with Crippen LogP contribution in [0, 0.1) is 5.92 Å². The fraction of sp³-hybridized carbons (Fsp3) is 0.600. The first-order valence-corrected chi connectivity index (χ1v) is 8.49. The van der Waals surface area contributed by atoms with Crippen LogP contribution in [0.2, 0.25) is 0 Å². The summed E-state index contributed by atoms with van der Waals surface area (Å²) >= 11 is 0. The number of benzene rings is 1. The Bertz CT molecular complexity index is 580. The quantitative estimate of drug-likeness (QED) is 0.714. The number of carboxylic acids is 1. The van der Waals surface area contributed by atoms with E-state index in [2.05, 4.69) is 5.32 Å². The Balaban J connectivity index is 0.000000463. The van der Waals surface area contributed by atoms with Gasteiger partial charge in [0.25, 0.3) is 0 Å². The minimum atomic E-state index is -0.778. The molecule has 0 amide bonds. The smallest absolute Gasteiger partial charge is 0.320 e. The number of hydrogen-bond donors (Lipinski definition) is 3. The Kier molecular flexibility index (Phi) is 8.32. The molecule has 0 saturated heterocycles. The van der Waals surface area contributed by atoms with Gasteiger partial charge in [-0.3, -0.25) is 14.9 Å². The molecule has 5 nitrogen and oxygen atoms in total. The van der Waals surface area contributed by atoms with Gasteiger partial charge in [-0.25, -0.2) is 0 Å². The van der Waals surface area contributed by atoms with Crippen LogP contribution in [0.25, 0.3) is 0 Å². The molecule has 3 N–H and O–H groups in total. The number of aliphatic carboxylic acids is 1. The highest BCUT2D eigenvalue weighted by Gasteiger charge is 2.25. The normalized spacial score (nSPS) is 13.0. The standard InChI is InChI=1S/C11H14O2.C9H19NO2/c1-11(2,3)9-6-4-5-8(7-12)10(9)13;1-6(2)7(8(11)12)10-9(3,4)5/h4-7,13H,1-3H3;6-7,10H,1-5H3,(H,11,12)/t;7-/m.0/s1. The fourth-order valence-corrected chi connectivity index (χ4v) is 2.24. The van der Waals surface area contributed by atoms with Gasteiger partial charge in [0.05, 0.1) is 5.56 Å². The molecule has 0 aliphatic carbocycles. The van der Waals surface area contributed by atoms with E-state index in [1.165, 1.54) is 0 Å². The van der Waals surface area contributed by atoms with Crippen molar-refractivity contribution >= 4 is 12.3 Å². The first kappa shape index (κ1) is 23.1. The maximum absolute atomic E-state index is 10.8. The minimum Gasteiger partial charge on any atom is -0.507 e. The van der Waals surface area contributed by atoms with E-state index in [0.717, 1.165) is 5.56 Å². The second-order valence-corrected chi connectivity index (χ2v) is 8.57. The highest BCUT2D eigenvalue weighted by atomic mass is 16.4. The maximum Gasteiger partial charge on any atom is 0.320 e. The molecule has 142 valence electrons. The number of aldehydes is 1. The van der Waals surface area contributed by atoms with E-state index < -0.39 is 12.0 Å². The number of carbonyl (C=O) groups excluding carboxylic acids is 1. The summed E-state index contributed by atoms with van der Waals surface area (Å²) in [4.78, 5) is 21.3. The molecule has 0 heterocycles. The van der Waals surface area contributed by atoms with Crippen molar-refractivity contribution in [3.63, 3.8) is 0 Å². The summed E-state index contributed by atoms with van der Waals surface area (Å²) in [6, 6.07) is 4.77. The number of para-hydroxylation sites is 1. The molecule has 1 aromatic rings. The lowest BCUT2D eigenvalue weighted by atomic mass is 9.85. The predicted octanol–water partition coefficient (Wildman–Crippen LogP) is 3.99. The Morgan fingerprint density at radius 2 is 1.64 bits per heavy atom. The molecule has 1 aromatic carbocycles. The van der Waals surface area contributed by atoms with Crippen LogP contribution in [-0.4, -0.2) is 34.0 Å². The van der Waals surface area contributed by atoms with Gasteiger partial charge in [-0.1, -0.05) is 46.8 Å². The number of phenolic OH excluding ortho intramolecular Hbond substituents is 1. The van der Waals surface area contributed by atoms with E-state index in [1.807, 2.05) is 61.5 Å². The third kappa shape index (κ3) is 8.16. The fourth-order valence-electron chi connectivity index (χ4n) is 2.24. The van der Waals surface area contributed by atoms with Gasteiger partial charge in [-0.2, -0.15) is 0 Å². The molecular formula is C20H33NO4. The van der Waals surface area contributed by atoms with Gasteiger partial charge in [-0.05, 0) is 43.7 Å². The average molecular weight is 351 g/mol. The number of aromatic hydroxyl groups is 1. The van der Waals surface area contributed by atoms with Gasteiger partial charge < -0.3 is 10.2 Å². The zero-order valence-corrected chi connectivity index (χ0v) is 16.7. The molecule has 0 aliphatic rings. The summed E-state index contributed by atoms with van der Waals surface area (Å²) in [5, 5.41) is 21.6. The third-order valence-electron chi connectivity index (χ3n) is 3.52. The van der Waals surface area contributed by atoms with Crippen molar-refractivity contribution in [1.82, 2.24) is 5.32 Å². The van der Waals surface area contributed by atoms with Crippen molar-refractivity contribution in [3.05, 3.63) is 29.3 Å². The number of hydrogen-bond acceptors (Lipinski definition) is 4. The van der Waals surface area contributed by atoms with Gasteiger partial charge in [0.1, 0.15) is 11.8 Å². The number of carboxylic acid groups (broad SMARTS) is 1. The molecule has 0 aliphatic heterocycles. The summed E-state index contributed by atoms with van der Waals surface area (Å²) in [6.45, 7) is 15.7. The largest absolute Gasteiger partial charge is 0.507 e. The molecule has 0 bridgehead atoms. The van der Waals surface area contributed by atoms with Crippen molar-refractivity contribution in [3.8, 4) is 5.75 Å². The van der Waals surface area contributed by atoms with Gasteiger partial charge in [0.15, 0.2) is 6.29 Å². The molecule has 0 radical (unpaired) electrons. The Morgan fingerprint density at radius 1 is 1.12 bits per heavy atom. The molecule has 0 unspecified atom stereocenters. The van der Waals surface area contributed by atoms with Crippen LogP contribution in [0.1, 0.15) is 71.3 Å². The lowest BCUT2D eigenvalue weighted by molar-refractivity contribution is -0.141.